The van der Waals surface area contributed by atoms with Crippen molar-refractivity contribution < 1.29 is 9.53 Å². The Morgan fingerprint density at radius 1 is 0.952 bits per heavy atom. The molecule has 0 saturated carbocycles. The van der Waals surface area contributed by atoms with E-state index in [2.05, 4.69) is 12.1 Å². The van der Waals surface area contributed by atoms with Crippen molar-refractivity contribution in [1.29, 1.82) is 0 Å². The second-order valence-electron chi connectivity index (χ2n) is 4.75. The molecule has 0 unspecified atom stereocenters. The van der Waals surface area contributed by atoms with Gasteiger partial charge < -0.3 is 4.74 Å². The molecule has 2 aromatic carbocycles. The van der Waals surface area contributed by atoms with Crippen LogP contribution in [0.1, 0.15) is 26.9 Å². The van der Waals surface area contributed by atoms with E-state index in [1.165, 1.54) is 23.5 Å². The van der Waals surface area contributed by atoms with Crippen molar-refractivity contribution in [3.63, 3.8) is 0 Å². The molecule has 1 saturated heterocycles. The number of carbonyl (C=O) groups is 1. The molecule has 0 radical (unpaired) electrons. The highest BCUT2D eigenvalue weighted by atomic mass is 32.2. The van der Waals surface area contributed by atoms with Crippen LogP contribution in [0.25, 0.3) is 0 Å². The summed E-state index contributed by atoms with van der Waals surface area (Å²) in [4.78, 5) is 12.0. The molecule has 0 N–H and O–H groups in total. The highest BCUT2D eigenvalue weighted by molar-refractivity contribution is 8.16. The second kappa shape index (κ2) is 7.05. The minimum absolute atomic E-state index is 0.315. The van der Waals surface area contributed by atoms with E-state index in [0.29, 0.717) is 15.9 Å². The lowest BCUT2D eigenvalue weighted by Crippen LogP contribution is -2.08. The molecule has 1 heterocycles. The molecule has 1 aliphatic rings. The van der Waals surface area contributed by atoms with E-state index in [4.69, 9.17) is 4.74 Å². The molecule has 2 aromatic rings. The Balaban J connectivity index is 1.65. The third-order valence-corrected chi connectivity index (χ3v) is 6.21. The summed E-state index contributed by atoms with van der Waals surface area (Å²) in [5, 5.41) is 0. The Hall–Kier alpha value is -1.39. The summed E-state index contributed by atoms with van der Waals surface area (Å²) in [5.41, 5.74) is 1.86. The number of benzene rings is 2. The number of esters is 1. The Labute approximate surface area is 133 Å². The first-order valence-corrected chi connectivity index (χ1v) is 9.03. The van der Waals surface area contributed by atoms with Gasteiger partial charge in [-0.1, -0.05) is 30.3 Å². The van der Waals surface area contributed by atoms with Crippen LogP contribution in [0.3, 0.4) is 0 Å². The summed E-state index contributed by atoms with van der Waals surface area (Å²) in [6.45, 7) is 0. The lowest BCUT2D eigenvalue weighted by molar-refractivity contribution is 0.0734. The van der Waals surface area contributed by atoms with Gasteiger partial charge in [0.25, 0.3) is 0 Å². The zero-order chi connectivity index (χ0) is 14.5. The van der Waals surface area contributed by atoms with E-state index in [1.54, 1.807) is 12.1 Å². The van der Waals surface area contributed by atoms with Gasteiger partial charge in [-0.3, -0.25) is 0 Å². The summed E-state index contributed by atoms with van der Waals surface area (Å²) in [6.07, 6.45) is 1.29. The molecule has 1 aliphatic heterocycles. The van der Waals surface area contributed by atoms with Crippen LogP contribution in [-0.4, -0.2) is 17.5 Å². The normalized spacial score (nSPS) is 15.6. The second-order valence-corrected chi connectivity index (χ2v) is 7.48. The first-order valence-electron chi connectivity index (χ1n) is 6.93. The van der Waals surface area contributed by atoms with Gasteiger partial charge in [0.1, 0.15) is 5.75 Å². The van der Waals surface area contributed by atoms with Gasteiger partial charge in [0.05, 0.1) is 10.1 Å². The van der Waals surface area contributed by atoms with Gasteiger partial charge >= 0.3 is 5.97 Å². The average Bonchev–Trinajstić information content (AvgIpc) is 2.57. The molecule has 0 atom stereocenters. The lowest BCUT2D eigenvalue weighted by Gasteiger charge is -2.21. The molecule has 0 amide bonds. The van der Waals surface area contributed by atoms with Gasteiger partial charge in [0.2, 0.25) is 0 Å². The smallest absolute Gasteiger partial charge is 0.343 e. The molecule has 108 valence electrons. The molecule has 1 fully saturated rings. The quantitative estimate of drug-likeness (QED) is 0.601. The van der Waals surface area contributed by atoms with Gasteiger partial charge in [-0.25, -0.2) is 4.79 Å². The standard InChI is InChI=1S/C17H16O2S2/c18-16(13-5-2-1-3-6-13)19-15-9-7-14(8-10-15)17-20-11-4-12-21-17/h1-3,5-10,17H,4,11-12H2. The SMILES string of the molecule is O=C(Oc1ccc(C2SCCCS2)cc1)c1ccccc1. The van der Waals surface area contributed by atoms with Crippen molar-refractivity contribution in [2.24, 2.45) is 0 Å². The van der Waals surface area contributed by atoms with Crippen LogP contribution >= 0.6 is 23.5 Å². The minimum atomic E-state index is -0.315. The molecular formula is C17H16O2S2. The van der Waals surface area contributed by atoms with Crippen molar-refractivity contribution in [2.45, 2.75) is 11.0 Å². The average molecular weight is 316 g/mol. The van der Waals surface area contributed by atoms with Gasteiger partial charge in [0.15, 0.2) is 0 Å². The van der Waals surface area contributed by atoms with Gasteiger partial charge in [-0.05, 0) is 47.8 Å². The van der Waals surface area contributed by atoms with E-state index in [-0.39, 0.29) is 5.97 Å². The zero-order valence-corrected chi connectivity index (χ0v) is 13.2. The van der Waals surface area contributed by atoms with Crippen molar-refractivity contribution in [2.75, 3.05) is 11.5 Å². The van der Waals surface area contributed by atoms with E-state index >= 15 is 0 Å². The predicted molar refractivity (Wildman–Crippen MR) is 90.1 cm³/mol. The van der Waals surface area contributed by atoms with Crippen LogP contribution in [0.2, 0.25) is 0 Å². The van der Waals surface area contributed by atoms with Crippen molar-refractivity contribution in [3.8, 4) is 5.75 Å². The van der Waals surface area contributed by atoms with Gasteiger partial charge in [0, 0.05) is 0 Å². The molecule has 2 nitrogen and oxygen atoms in total. The maximum absolute atomic E-state index is 12.0. The third kappa shape index (κ3) is 3.83. The Kier molecular flexibility index (Phi) is 4.88. The summed E-state index contributed by atoms with van der Waals surface area (Å²) >= 11 is 3.98. The van der Waals surface area contributed by atoms with Crippen LogP contribution in [0.4, 0.5) is 0 Å². The number of thioether (sulfide) groups is 2. The summed E-state index contributed by atoms with van der Waals surface area (Å²) in [7, 11) is 0. The Morgan fingerprint density at radius 2 is 1.62 bits per heavy atom. The number of hydrogen-bond donors (Lipinski definition) is 0. The van der Waals surface area contributed by atoms with Crippen LogP contribution in [0.15, 0.2) is 54.6 Å². The summed E-state index contributed by atoms with van der Waals surface area (Å²) in [5.74, 6) is 2.73. The maximum atomic E-state index is 12.0. The molecule has 0 aromatic heterocycles. The molecule has 3 rings (SSSR count). The van der Waals surface area contributed by atoms with E-state index in [1.807, 2.05) is 53.9 Å². The summed E-state index contributed by atoms with van der Waals surface area (Å²) < 4.78 is 5.90. The van der Waals surface area contributed by atoms with Gasteiger partial charge in [-0.2, -0.15) is 0 Å². The van der Waals surface area contributed by atoms with Crippen LogP contribution in [0.5, 0.6) is 5.75 Å². The van der Waals surface area contributed by atoms with E-state index in [9.17, 15) is 4.79 Å². The van der Waals surface area contributed by atoms with Crippen molar-refractivity contribution in [1.82, 2.24) is 0 Å². The third-order valence-electron chi connectivity index (χ3n) is 3.20. The first kappa shape index (κ1) is 14.5. The monoisotopic (exact) mass is 316 g/mol. The Bertz CT molecular complexity index is 590. The van der Waals surface area contributed by atoms with Gasteiger partial charge in [-0.15, -0.1) is 23.5 Å². The Morgan fingerprint density at radius 3 is 2.29 bits per heavy atom. The highest BCUT2D eigenvalue weighted by Gasteiger charge is 2.16. The molecular weight excluding hydrogens is 300 g/mol. The van der Waals surface area contributed by atoms with Crippen LogP contribution in [-0.2, 0) is 0 Å². The molecule has 0 aliphatic carbocycles. The maximum Gasteiger partial charge on any atom is 0.343 e. The number of rotatable bonds is 3. The largest absolute Gasteiger partial charge is 0.423 e. The lowest BCUT2D eigenvalue weighted by atomic mass is 10.2. The fourth-order valence-corrected chi connectivity index (χ4v) is 5.01. The van der Waals surface area contributed by atoms with E-state index in [0.717, 1.165) is 0 Å². The molecule has 21 heavy (non-hydrogen) atoms. The zero-order valence-electron chi connectivity index (χ0n) is 11.5. The minimum Gasteiger partial charge on any atom is -0.423 e. The predicted octanol–water partition coefficient (Wildman–Crippen LogP) is 4.77. The molecule has 0 bridgehead atoms. The van der Waals surface area contributed by atoms with Crippen molar-refractivity contribution in [3.05, 3.63) is 65.7 Å². The fourth-order valence-electron chi connectivity index (χ4n) is 2.11. The number of ether oxygens (including phenoxy) is 1. The highest BCUT2D eigenvalue weighted by Crippen LogP contribution is 2.43. The van der Waals surface area contributed by atoms with E-state index < -0.39 is 0 Å². The number of hydrogen-bond acceptors (Lipinski definition) is 4. The number of carbonyl (C=O) groups excluding carboxylic acids is 1. The summed E-state index contributed by atoms with van der Waals surface area (Å²) in [6, 6.07) is 16.9. The molecule has 4 heteroatoms. The first-order chi connectivity index (χ1) is 10.3. The fraction of sp³-hybridized carbons (Fsp3) is 0.235. The van der Waals surface area contributed by atoms with Crippen LogP contribution < -0.4 is 4.74 Å². The topological polar surface area (TPSA) is 26.3 Å². The molecule has 0 spiro atoms. The van der Waals surface area contributed by atoms with Crippen molar-refractivity contribution >= 4 is 29.5 Å². The van der Waals surface area contributed by atoms with Crippen LogP contribution in [0, 0.1) is 0 Å².